The average molecular weight is 208 g/mol. The minimum absolute atomic E-state index is 0.157. The molecular formula is C10H12N2O3. The highest BCUT2D eigenvalue weighted by Gasteiger charge is 2.43. The second-order valence-corrected chi connectivity index (χ2v) is 3.42. The van der Waals surface area contributed by atoms with Gasteiger partial charge in [-0.3, -0.25) is 9.78 Å². The van der Waals surface area contributed by atoms with Crippen LogP contribution in [0, 0.1) is 0 Å². The Morgan fingerprint density at radius 3 is 3.00 bits per heavy atom. The molecule has 0 radical (unpaired) electrons. The molecule has 1 saturated heterocycles. The molecule has 0 saturated carbocycles. The van der Waals surface area contributed by atoms with Crippen LogP contribution in [0.2, 0.25) is 0 Å². The maximum Gasteiger partial charge on any atom is 0.216 e. The Morgan fingerprint density at radius 2 is 2.47 bits per heavy atom. The van der Waals surface area contributed by atoms with Crippen LogP contribution >= 0.6 is 0 Å². The number of nitrogens with zero attached hydrogens (tertiary/aromatic N) is 2. The van der Waals surface area contributed by atoms with Gasteiger partial charge in [-0.1, -0.05) is 0 Å². The predicted molar refractivity (Wildman–Crippen MR) is 51.5 cm³/mol. The summed E-state index contributed by atoms with van der Waals surface area (Å²) in [6.45, 7) is 0.832. The van der Waals surface area contributed by atoms with Crippen LogP contribution in [0.5, 0.6) is 0 Å². The molecule has 0 amide bonds. The second kappa shape index (κ2) is 4.04. The van der Waals surface area contributed by atoms with Crippen LogP contribution in [0.1, 0.15) is 16.9 Å². The largest absolute Gasteiger partial charge is 0.378 e. The second-order valence-electron chi connectivity index (χ2n) is 3.42. The van der Waals surface area contributed by atoms with Gasteiger partial charge in [-0.15, -0.1) is 0 Å². The molecule has 1 unspecified atom stereocenters. The molecule has 0 spiro atoms. The first-order valence-electron chi connectivity index (χ1n) is 4.72. The third-order valence-electron chi connectivity index (χ3n) is 2.59. The molecule has 5 heteroatoms. The van der Waals surface area contributed by atoms with Crippen LogP contribution < -0.4 is 0 Å². The van der Waals surface area contributed by atoms with Gasteiger partial charge in [-0.25, -0.2) is 4.98 Å². The van der Waals surface area contributed by atoms with Crippen LogP contribution in [0.3, 0.4) is 0 Å². The first-order chi connectivity index (χ1) is 7.28. The Kier molecular flexibility index (Phi) is 2.75. The van der Waals surface area contributed by atoms with E-state index < -0.39 is 5.60 Å². The SMILES string of the molecule is COC1(C(=O)c2cnccn2)CCOC1. The van der Waals surface area contributed by atoms with Crippen LogP contribution in [0.25, 0.3) is 0 Å². The quantitative estimate of drug-likeness (QED) is 0.675. The fourth-order valence-corrected chi connectivity index (χ4v) is 1.63. The van der Waals surface area contributed by atoms with Crippen molar-refractivity contribution in [1.82, 2.24) is 9.97 Å². The van der Waals surface area contributed by atoms with Gasteiger partial charge in [0.25, 0.3) is 0 Å². The predicted octanol–water partition coefficient (Wildman–Crippen LogP) is 0.465. The molecule has 1 aromatic heterocycles. The van der Waals surface area contributed by atoms with Crippen LogP contribution in [0.15, 0.2) is 18.6 Å². The Morgan fingerprint density at radius 1 is 1.60 bits per heavy atom. The van der Waals surface area contributed by atoms with E-state index in [1.54, 1.807) is 0 Å². The number of carbonyl (C=O) groups excluding carboxylic acids is 1. The van der Waals surface area contributed by atoms with E-state index in [-0.39, 0.29) is 5.78 Å². The summed E-state index contributed by atoms with van der Waals surface area (Å²) in [6.07, 6.45) is 5.04. The summed E-state index contributed by atoms with van der Waals surface area (Å²) >= 11 is 0. The van der Waals surface area contributed by atoms with Gasteiger partial charge < -0.3 is 9.47 Å². The third-order valence-corrected chi connectivity index (χ3v) is 2.59. The molecular weight excluding hydrogens is 196 g/mol. The molecule has 1 aliphatic heterocycles. The summed E-state index contributed by atoms with van der Waals surface area (Å²) in [5.74, 6) is -0.157. The number of aromatic nitrogens is 2. The Labute approximate surface area is 87.4 Å². The number of methoxy groups -OCH3 is 1. The minimum atomic E-state index is -0.865. The molecule has 0 aliphatic carbocycles. The molecule has 1 aliphatic rings. The normalized spacial score (nSPS) is 25.4. The van der Waals surface area contributed by atoms with Gasteiger partial charge >= 0.3 is 0 Å². The number of ether oxygens (including phenoxy) is 2. The van der Waals surface area contributed by atoms with Gasteiger partial charge in [0.05, 0.1) is 19.4 Å². The van der Waals surface area contributed by atoms with E-state index in [0.717, 1.165) is 0 Å². The van der Waals surface area contributed by atoms with E-state index in [1.807, 2.05) is 0 Å². The highest BCUT2D eigenvalue weighted by atomic mass is 16.6. The lowest BCUT2D eigenvalue weighted by Gasteiger charge is -2.22. The molecule has 0 bridgehead atoms. The zero-order valence-corrected chi connectivity index (χ0v) is 8.47. The summed E-state index contributed by atoms with van der Waals surface area (Å²) in [4.78, 5) is 19.9. The molecule has 1 aromatic rings. The smallest absolute Gasteiger partial charge is 0.216 e. The van der Waals surface area contributed by atoms with E-state index >= 15 is 0 Å². The van der Waals surface area contributed by atoms with E-state index in [0.29, 0.717) is 25.3 Å². The van der Waals surface area contributed by atoms with Crippen LogP contribution in [0.4, 0.5) is 0 Å². The molecule has 5 nitrogen and oxygen atoms in total. The van der Waals surface area contributed by atoms with Crippen molar-refractivity contribution in [3.8, 4) is 0 Å². The van der Waals surface area contributed by atoms with Crippen LogP contribution in [-0.4, -0.2) is 41.7 Å². The molecule has 80 valence electrons. The maximum absolute atomic E-state index is 12.1. The van der Waals surface area contributed by atoms with Crippen molar-refractivity contribution in [3.05, 3.63) is 24.3 Å². The minimum Gasteiger partial charge on any atom is -0.378 e. The summed E-state index contributed by atoms with van der Waals surface area (Å²) in [5.41, 5.74) is -0.541. The zero-order chi connectivity index (χ0) is 10.7. The van der Waals surface area contributed by atoms with E-state index in [9.17, 15) is 4.79 Å². The van der Waals surface area contributed by atoms with Gasteiger partial charge in [0.2, 0.25) is 5.78 Å². The highest BCUT2D eigenvalue weighted by Crippen LogP contribution is 2.25. The number of Topliss-reactive ketones (excluding diaryl/α,β-unsaturated/α-hetero) is 1. The first-order valence-corrected chi connectivity index (χ1v) is 4.72. The molecule has 2 rings (SSSR count). The van der Waals surface area contributed by atoms with Gasteiger partial charge in [-0.05, 0) is 0 Å². The van der Waals surface area contributed by atoms with Crippen molar-refractivity contribution >= 4 is 5.78 Å². The van der Waals surface area contributed by atoms with Gasteiger partial charge in [0, 0.05) is 25.9 Å². The molecule has 1 atom stereocenters. The Bertz CT molecular complexity index is 347. The van der Waals surface area contributed by atoms with Crippen molar-refractivity contribution in [1.29, 1.82) is 0 Å². The standard InChI is InChI=1S/C10H12N2O3/c1-14-10(2-5-15-7-10)9(13)8-6-11-3-4-12-8/h3-4,6H,2,5,7H2,1H3. The van der Waals surface area contributed by atoms with Gasteiger partial charge in [0.15, 0.2) is 5.60 Å². The Hall–Kier alpha value is -1.33. The summed E-state index contributed by atoms with van der Waals surface area (Å²) in [5, 5.41) is 0. The topological polar surface area (TPSA) is 61.3 Å². The summed E-state index contributed by atoms with van der Waals surface area (Å²) < 4.78 is 10.5. The molecule has 0 aromatic carbocycles. The fourth-order valence-electron chi connectivity index (χ4n) is 1.63. The number of rotatable bonds is 3. The molecule has 1 fully saturated rings. The number of hydrogen-bond donors (Lipinski definition) is 0. The maximum atomic E-state index is 12.1. The fraction of sp³-hybridized carbons (Fsp3) is 0.500. The monoisotopic (exact) mass is 208 g/mol. The number of hydrogen-bond acceptors (Lipinski definition) is 5. The summed E-state index contributed by atoms with van der Waals surface area (Å²) in [6, 6.07) is 0. The van der Waals surface area contributed by atoms with E-state index in [2.05, 4.69) is 9.97 Å². The first kappa shape index (κ1) is 10.2. The molecule has 15 heavy (non-hydrogen) atoms. The lowest BCUT2D eigenvalue weighted by atomic mass is 9.95. The highest BCUT2D eigenvalue weighted by molar-refractivity contribution is 6.01. The number of carbonyl (C=O) groups is 1. The zero-order valence-electron chi connectivity index (χ0n) is 8.47. The van der Waals surface area contributed by atoms with Crippen molar-refractivity contribution < 1.29 is 14.3 Å². The van der Waals surface area contributed by atoms with Crippen molar-refractivity contribution in [2.75, 3.05) is 20.3 Å². The third kappa shape index (κ3) is 1.75. The number of ketones is 1. The van der Waals surface area contributed by atoms with Crippen molar-refractivity contribution in [2.24, 2.45) is 0 Å². The lowest BCUT2D eigenvalue weighted by Crippen LogP contribution is -2.41. The van der Waals surface area contributed by atoms with Crippen LogP contribution in [-0.2, 0) is 9.47 Å². The average Bonchev–Trinajstić information content (AvgIpc) is 2.79. The van der Waals surface area contributed by atoms with E-state index in [4.69, 9.17) is 9.47 Å². The molecule has 0 N–H and O–H groups in total. The van der Waals surface area contributed by atoms with Crippen molar-refractivity contribution in [3.63, 3.8) is 0 Å². The van der Waals surface area contributed by atoms with Gasteiger partial charge in [0.1, 0.15) is 5.69 Å². The summed E-state index contributed by atoms with van der Waals surface area (Å²) in [7, 11) is 1.52. The lowest BCUT2D eigenvalue weighted by molar-refractivity contribution is -0.00380. The van der Waals surface area contributed by atoms with Gasteiger partial charge in [-0.2, -0.15) is 0 Å². The van der Waals surface area contributed by atoms with E-state index in [1.165, 1.54) is 25.7 Å². The van der Waals surface area contributed by atoms with Crippen molar-refractivity contribution in [2.45, 2.75) is 12.0 Å². The Balaban J connectivity index is 2.27. The molecule has 2 heterocycles.